The summed E-state index contributed by atoms with van der Waals surface area (Å²) in [6, 6.07) is 14.4. The van der Waals surface area contributed by atoms with Crippen LogP contribution in [0.2, 0.25) is 0 Å². The Bertz CT molecular complexity index is 1690. The van der Waals surface area contributed by atoms with Gasteiger partial charge in [0.25, 0.3) is 0 Å². The number of pyridine rings is 1. The molecule has 242 valence electrons. The summed E-state index contributed by atoms with van der Waals surface area (Å²) in [5, 5.41) is 8.93. The fourth-order valence-corrected chi connectivity index (χ4v) is 5.18. The number of carbonyl (C=O) groups excluding carboxylic acids is 2. The third-order valence-electron chi connectivity index (χ3n) is 7.70. The van der Waals surface area contributed by atoms with Gasteiger partial charge in [0.1, 0.15) is 17.2 Å². The monoisotopic (exact) mass is 632 g/mol. The number of amides is 2. The van der Waals surface area contributed by atoms with Crippen molar-refractivity contribution in [1.82, 2.24) is 15.6 Å². The smallest absolute Gasteiger partial charge is 0.313 e. The molecule has 4 aromatic rings. The Morgan fingerprint density at radius 2 is 1.65 bits per heavy atom. The van der Waals surface area contributed by atoms with Gasteiger partial charge in [-0.05, 0) is 86.3 Å². The summed E-state index contributed by atoms with van der Waals surface area (Å²) in [6.45, 7) is 2.71. The number of carbonyl (C=O) groups is 2. The summed E-state index contributed by atoms with van der Waals surface area (Å²) in [5.41, 5.74) is 1.50. The topological polar surface area (TPSA) is 129 Å². The second kappa shape index (κ2) is 15.3. The molecule has 0 unspecified atom stereocenters. The molecule has 0 radical (unpaired) electrons. The zero-order chi connectivity index (χ0) is 32.5. The Labute approximate surface area is 266 Å². The highest BCUT2D eigenvalue weighted by Gasteiger charge is 2.19. The molecular weight excluding hydrogens is 595 g/mol. The van der Waals surface area contributed by atoms with E-state index in [0.29, 0.717) is 58.6 Å². The van der Waals surface area contributed by atoms with E-state index in [-0.39, 0.29) is 18.0 Å². The van der Waals surface area contributed by atoms with Crippen molar-refractivity contribution in [1.29, 1.82) is 0 Å². The number of anilines is 1. The molecule has 46 heavy (non-hydrogen) atoms. The largest absolute Gasteiger partial charge is 0.497 e. The number of fused-ring (bicyclic) bond motifs is 1. The number of rotatable bonds is 12. The molecule has 0 spiro atoms. The lowest BCUT2D eigenvalue weighted by Gasteiger charge is -2.23. The molecule has 1 saturated heterocycles. The number of benzene rings is 3. The van der Waals surface area contributed by atoms with E-state index in [1.807, 2.05) is 0 Å². The van der Waals surface area contributed by atoms with Gasteiger partial charge in [-0.25, -0.2) is 4.39 Å². The van der Waals surface area contributed by atoms with Crippen LogP contribution >= 0.6 is 0 Å². The molecular formula is C34H37FN4O7. The number of piperidine rings is 1. The Hall–Kier alpha value is -5.10. The van der Waals surface area contributed by atoms with Gasteiger partial charge >= 0.3 is 11.8 Å². The Morgan fingerprint density at radius 3 is 2.39 bits per heavy atom. The van der Waals surface area contributed by atoms with Gasteiger partial charge in [-0.1, -0.05) is 0 Å². The number of hydrogen-bond acceptors (Lipinski definition) is 9. The van der Waals surface area contributed by atoms with Crippen molar-refractivity contribution < 1.29 is 37.7 Å². The summed E-state index contributed by atoms with van der Waals surface area (Å²) < 4.78 is 43.3. The fraction of sp³-hybridized carbons (Fsp3) is 0.324. The standard InChI is InChI=1S/C34H37FN4O7/c1-42-24-5-7-28(43-2)22(16-24)10-14-38-33(40)34(41)39-23-4-6-30(26(35)17-23)46-29-11-15-37-27-19-32(31(44-3)18-25(27)29)45-20-21-8-12-36-13-9-21/h4-7,11,15-19,21,36H,8-10,12-14,20H2,1-3H3,(H,38,40)(H,39,41). The molecule has 0 atom stereocenters. The zero-order valence-electron chi connectivity index (χ0n) is 26.0. The third kappa shape index (κ3) is 7.94. The van der Waals surface area contributed by atoms with Gasteiger partial charge < -0.3 is 39.6 Å². The first kappa shape index (κ1) is 32.3. The van der Waals surface area contributed by atoms with E-state index in [1.54, 1.807) is 63.9 Å². The van der Waals surface area contributed by atoms with Gasteiger partial charge in [0, 0.05) is 35.9 Å². The van der Waals surface area contributed by atoms with Crippen LogP contribution < -0.4 is 39.6 Å². The Morgan fingerprint density at radius 1 is 0.870 bits per heavy atom. The van der Waals surface area contributed by atoms with Crippen molar-refractivity contribution >= 4 is 28.4 Å². The number of halogens is 1. The summed E-state index contributed by atoms with van der Waals surface area (Å²) >= 11 is 0. The number of methoxy groups -OCH3 is 3. The van der Waals surface area contributed by atoms with Gasteiger partial charge in [-0.3, -0.25) is 14.6 Å². The van der Waals surface area contributed by atoms with Crippen LogP contribution in [0.4, 0.5) is 10.1 Å². The normalized spacial score (nSPS) is 13.1. The van der Waals surface area contributed by atoms with Crippen molar-refractivity contribution in [2.24, 2.45) is 5.92 Å². The van der Waals surface area contributed by atoms with Crippen LogP contribution in [0, 0.1) is 11.7 Å². The zero-order valence-corrected chi connectivity index (χ0v) is 26.0. The van der Waals surface area contributed by atoms with Gasteiger partial charge in [0.15, 0.2) is 23.1 Å². The maximum Gasteiger partial charge on any atom is 0.313 e. The maximum absolute atomic E-state index is 15.1. The number of nitrogens with zero attached hydrogens (tertiary/aromatic N) is 1. The van der Waals surface area contributed by atoms with E-state index in [4.69, 9.17) is 23.7 Å². The van der Waals surface area contributed by atoms with E-state index in [9.17, 15) is 9.59 Å². The number of hydrogen-bond donors (Lipinski definition) is 3. The predicted molar refractivity (Wildman–Crippen MR) is 171 cm³/mol. The highest BCUT2D eigenvalue weighted by molar-refractivity contribution is 6.39. The van der Waals surface area contributed by atoms with Crippen LogP contribution in [0.25, 0.3) is 10.9 Å². The van der Waals surface area contributed by atoms with Crippen LogP contribution in [0.15, 0.2) is 60.8 Å². The van der Waals surface area contributed by atoms with E-state index in [0.717, 1.165) is 37.6 Å². The molecule has 2 heterocycles. The Balaban J connectivity index is 1.20. The van der Waals surface area contributed by atoms with E-state index in [1.165, 1.54) is 12.1 Å². The lowest BCUT2D eigenvalue weighted by atomic mass is 9.99. The van der Waals surface area contributed by atoms with Gasteiger partial charge in [0.2, 0.25) is 0 Å². The van der Waals surface area contributed by atoms with E-state index >= 15 is 4.39 Å². The molecule has 0 bridgehead atoms. The van der Waals surface area contributed by atoms with Crippen molar-refractivity contribution in [3.63, 3.8) is 0 Å². The van der Waals surface area contributed by atoms with E-state index in [2.05, 4.69) is 20.9 Å². The minimum Gasteiger partial charge on any atom is -0.497 e. The molecule has 1 fully saturated rings. The van der Waals surface area contributed by atoms with Crippen LogP contribution in [-0.2, 0) is 16.0 Å². The summed E-state index contributed by atoms with van der Waals surface area (Å²) in [5.74, 6) is 0.586. The molecule has 0 aliphatic carbocycles. The second-order valence-electron chi connectivity index (χ2n) is 10.7. The van der Waals surface area contributed by atoms with Gasteiger partial charge in [-0.15, -0.1) is 0 Å². The summed E-state index contributed by atoms with van der Waals surface area (Å²) in [7, 11) is 4.66. The first-order chi connectivity index (χ1) is 22.4. The fourth-order valence-electron chi connectivity index (χ4n) is 5.18. The van der Waals surface area contributed by atoms with Crippen LogP contribution in [0.1, 0.15) is 18.4 Å². The van der Waals surface area contributed by atoms with Crippen LogP contribution in [-0.4, -0.2) is 64.4 Å². The molecule has 1 aliphatic rings. The lowest BCUT2D eigenvalue weighted by molar-refractivity contribution is -0.136. The Kier molecular flexibility index (Phi) is 10.7. The molecule has 1 aliphatic heterocycles. The second-order valence-corrected chi connectivity index (χ2v) is 10.7. The minimum absolute atomic E-state index is 0.0765. The first-order valence-corrected chi connectivity index (χ1v) is 15.0. The van der Waals surface area contributed by atoms with Gasteiger partial charge in [0.05, 0.1) is 33.5 Å². The first-order valence-electron chi connectivity index (χ1n) is 15.0. The molecule has 12 heteroatoms. The highest BCUT2D eigenvalue weighted by atomic mass is 19.1. The van der Waals surface area contributed by atoms with Crippen molar-refractivity contribution in [2.75, 3.05) is 52.9 Å². The highest BCUT2D eigenvalue weighted by Crippen LogP contribution is 2.38. The molecule has 1 aromatic heterocycles. The van der Waals surface area contributed by atoms with Crippen LogP contribution in [0.5, 0.6) is 34.5 Å². The molecule has 2 amide bonds. The number of ether oxygens (including phenoxy) is 5. The van der Waals surface area contributed by atoms with Crippen molar-refractivity contribution in [3.8, 4) is 34.5 Å². The molecule has 5 rings (SSSR count). The number of nitrogens with one attached hydrogen (secondary N) is 3. The third-order valence-corrected chi connectivity index (χ3v) is 7.70. The average Bonchev–Trinajstić information content (AvgIpc) is 3.08. The molecule has 3 N–H and O–H groups in total. The molecule has 3 aromatic carbocycles. The maximum atomic E-state index is 15.1. The quantitative estimate of drug-likeness (QED) is 0.188. The SMILES string of the molecule is COc1ccc(OC)c(CCNC(=O)C(=O)Nc2ccc(Oc3ccnc4cc(OCC5CCNCC5)c(OC)cc34)c(F)c2)c1. The average molecular weight is 633 g/mol. The molecule has 0 saturated carbocycles. The summed E-state index contributed by atoms with van der Waals surface area (Å²) in [4.78, 5) is 29.3. The summed E-state index contributed by atoms with van der Waals surface area (Å²) in [6.07, 6.45) is 4.07. The van der Waals surface area contributed by atoms with Crippen molar-refractivity contribution in [3.05, 3.63) is 72.2 Å². The van der Waals surface area contributed by atoms with Crippen LogP contribution in [0.3, 0.4) is 0 Å². The van der Waals surface area contributed by atoms with E-state index < -0.39 is 17.6 Å². The number of aromatic nitrogens is 1. The van der Waals surface area contributed by atoms with Gasteiger partial charge in [-0.2, -0.15) is 0 Å². The van der Waals surface area contributed by atoms with Crippen molar-refractivity contribution in [2.45, 2.75) is 19.3 Å². The lowest BCUT2D eigenvalue weighted by Crippen LogP contribution is -2.36. The molecule has 11 nitrogen and oxygen atoms in total. The predicted octanol–water partition coefficient (Wildman–Crippen LogP) is 4.87. The minimum atomic E-state index is -0.934.